The molecular weight excluding hydrogens is 350 g/mol. The van der Waals surface area contributed by atoms with Crippen LogP contribution in [0.25, 0.3) is 11.5 Å². The van der Waals surface area contributed by atoms with Crippen LogP contribution in [-0.2, 0) is 6.54 Å². The number of benzene rings is 2. The number of hydrogen-bond donors (Lipinski definition) is 0. The lowest BCUT2D eigenvalue weighted by molar-refractivity contribution is 0.262. The first-order chi connectivity index (χ1) is 13.6. The predicted molar refractivity (Wildman–Crippen MR) is 111 cm³/mol. The van der Waals surface area contributed by atoms with Gasteiger partial charge in [-0.3, -0.25) is 4.90 Å². The Kier molecular flexibility index (Phi) is 5.46. The van der Waals surface area contributed by atoms with Crippen LogP contribution in [0.2, 0.25) is 0 Å². The summed E-state index contributed by atoms with van der Waals surface area (Å²) >= 11 is 0. The summed E-state index contributed by atoms with van der Waals surface area (Å²) < 4.78 is 11.9. The van der Waals surface area contributed by atoms with Crippen LogP contribution in [-0.4, -0.2) is 48.0 Å². The molecule has 0 saturated carbocycles. The van der Waals surface area contributed by atoms with Gasteiger partial charge in [0, 0.05) is 31.2 Å². The maximum Gasteiger partial charge on any atom is 0.226 e. The molecule has 1 aliphatic rings. The highest BCUT2D eigenvalue weighted by atomic mass is 16.5. The molecule has 1 saturated heterocycles. The zero-order chi connectivity index (χ0) is 19.5. The minimum absolute atomic E-state index is 0.624. The Labute approximate surface area is 166 Å². The Morgan fingerprint density at radius 1 is 1.11 bits per heavy atom. The largest absolute Gasteiger partial charge is 0.457 e. The van der Waals surface area contributed by atoms with Gasteiger partial charge in [0.2, 0.25) is 5.89 Å². The molecule has 0 N–H and O–H groups in total. The van der Waals surface area contributed by atoms with Gasteiger partial charge in [-0.05, 0) is 57.8 Å². The average molecular weight is 377 g/mol. The Bertz CT molecular complexity index is 921. The van der Waals surface area contributed by atoms with Gasteiger partial charge in [-0.1, -0.05) is 24.3 Å². The van der Waals surface area contributed by atoms with Crippen molar-refractivity contribution in [1.29, 1.82) is 0 Å². The third-order valence-electron chi connectivity index (χ3n) is 5.30. The van der Waals surface area contributed by atoms with E-state index in [9.17, 15) is 0 Å². The maximum atomic E-state index is 5.99. The SMILES string of the molecule is Cc1oc(-c2cccc(Oc3ccccc3)c2)nc1CN1CC[C@H](N(C)C)C1. The predicted octanol–water partition coefficient (Wildman–Crippen LogP) is 4.58. The molecule has 1 aliphatic heterocycles. The summed E-state index contributed by atoms with van der Waals surface area (Å²) in [6.45, 7) is 5.01. The number of aryl methyl sites for hydroxylation is 1. The maximum absolute atomic E-state index is 5.99. The number of likely N-dealkylation sites (N-methyl/N-ethyl adjacent to an activating group) is 1. The quantitative estimate of drug-likeness (QED) is 0.629. The number of rotatable bonds is 6. The number of likely N-dealkylation sites (tertiary alicyclic amines) is 1. The first-order valence-corrected chi connectivity index (χ1v) is 9.77. The first kappa shape index (κ1) is 18.7. The molecule has 0 radical (unpaired) electrons. The topological polar surface area (TPSA) is 41.7 Å². The fraction of sp³-hybridized carbons (Fsp3) is 0.348. The van der Waals surface area contributed by atoms with E-state index in [4.69, 9.17) is 14.1 Å². The van der Waals surface area contributed by atoms with Crippen LogP contribution in [0.5, 0.6) is 11.5 Å². The number of para-hydroxylation sites is 1. The van der Waals surface area contributed by atoms with Crippen LogP contribution in [0.15, 0.2) is 59.0 Å². The van der Waals surface area contributed by atoms with E-state index in [1.807, 2.05) is 61.5 Å². The van der Waals surface area contributed by atoms with Crippen LogP contribution in [0.4, 0.5) is 0 Å². The highest BCUT2D eigenvalue weighted by molar-refractivity contribution is 5.57. The van der Waals surface area contributed by atoms with Gasteiger partial charge in [-0.2, -0.15) is 0 Å². The van der Waals surface area contributed by atoms with E-state index in [0.717, 1.165) is 48.2 Å². The van der Waals surface area contributed by atoms with Crippen molar-refractivity contribution in [3.05, 3.63) is 66.1 Å². The third kappa shape index (κ3) is 4.26. The van der Waals surface area contributed by atoms with Crippen LogP contribution < -0.4 is 4.74 Å². The second-order valence-electron chi connectivity index (χ2n) is 7.61. The van der Waals surface area contributed by atoms with Crippen molar-refractivity contribution in [2.75, 3.05) is 27.2 Å². The van der Waals surface area contributed by atoms with Crippen molar-refractivity contribution in [3.63, 3.8) is 0 Å². The summed E-state index contributed by atoms with van der Waals surface area (Å²) in [5.74, 6) is 3.12. The molecule has 5 nitrogen and oxygen atoms in total. The van der Waals surface area contributed by atoms with Crippen molar-refractivity contribution in [3.8, 4) is 23.0 Å². The molecule has 0 spiro atoms. The fourth-order valence-electron chi connectivity index (χ4n) is 3.60. The van der Waals surface area contributed by atoms with Crippen LogP contribution in [0.3, 0.4) is 0 Å². The highest BCUT2D eigenvalue weighted by Crippen LogP contribution is 2.29. The van der Waals surface area contributed by atoms with Gasteiger partial charge in [0.15, 0.2) is 0 Å². The van der Waals surface area contributed by atoms with E-state index >= 15 is 0 Å². The number of oxazole rings is 1. The third-order valence-corrected chi connectivity index (χ3v) is 5.30. The molecule has 0 bridgehead atoms. The molecule has 0 amide bonds. The van der Waals surface area contributed by atoms with Crippen molar-refractivity contribution < 1.29 is 9.15 Å². The molecular formula is C23H27N3O2. The van der Waals surface area contributed by atoms with E-state index in [2.05, 4.69) is 23.9 Å². The summed E-state index contributed by atoms with van der Waals surface area (Å²) in [4.78, 5) is 9.54. The van der Waals surface area contributed by atoms with Crippen molar-refractivity contribution >= 4 is 0 Å². The molecule has 2 aromatic carbocycles. The summed E-state index contributed by atoms with van der Waals surface area (Å²) in [5.41, 5.74) is 1.94. The van der Waals surface area contributed by atoms with Crippen LogP contribution in [0.1, 0.15) is 17.9 Å². The molecule has 4 rings (SSSR count). The zero-order valence-corrected chi connectivity index (χ0v) is 16.8. The van der Waals surface area contributed by atoms with Gasteiger partial charge in [-0.25, -0.2) is 4.98 Å². The van der Waals surface area contributed by atoms with Gasteiger partial charge in [0.25, 0.3) is 0 Å². The van der Waals surface area contributed by atoms with E-state index in [0.29, 0.717) is 11.9 Å². The summed E-state index contributed by atoms with van der Waals surface area (Å²) in [5, 5.41) is 0. The Hall–Kier alpha value is -2.63. The number of hydrogen-bond acceptors (Lipinski definition) is 5. The van der Waals surface area contributed by atoms with E-state index in [1.54, 1.807) is 0 Å². The van der Waals surface area contributed by atoms with E-state index < -0.39 is 0 Å². The van der Waals surface area contributed by atoms with E-state index in [-0.39, 0.29) is 0 Å². The molecule has 1 atom stereocenters. The molecule has 146 valence electrons. The van der Waals surface area contributed by atoms with Crippen molar-refractivity contribution in [1.82, 2.24) is 14.8 Å². The molecule has 5 heteroatoms. The van der Waals surface area contributed by atoms with Crippen molar-refractivity contribution in [2.24, 2.45) is 0 Å². The lowest BCUT2D eigenvalue weighted by Gasteiger charge is -2.19. The van der Waals surface area contributed by atoms with Gasteiger partial charge in [0.1, 0.15) is 17.3 Å². The minimum atomic E-state index is 0.624. The highest BCUT2D eigenvalue weighted by Gasteiger charge is 2.25. The Morgan fingerprint density at radius 2 is 1.89 bits per heavy atom. The van der Waals surface area contributed by atoms with Gasteiger partial charge >= 0.3 is 0 Å². The monoisotopic (exact) mass is 377 g/mol. The fourth-order valence-corrected chi connectivity index (χ4v) is 3.60. The smallest absolute Gasteiger partial charge is 0.226 e. The molecule has 0 unspecified atom stereocenters. The van der Waals surface area contributed by atoms with Crippen LogP contribution in [0, 0.1) is 6.92 Å². The Balaban J connectivity index is 1.48. The summed E-state index contributed by atoms with van der Waals surface area (Å²) in [7, 11) is 4.30. The van der Waals surface area contributed by atoms with Crippen LogP contribution >= 0.6 is 0 Å². The van der Waals surface area contributed by atoms with E-state index in [1.165, 1.54) is 6.42 Å². The Morgan fingerprint density at radius 3 is 2.64 bits per heavy atom. The molecule has 3 aromatic rings. The zero-order valence-electron chi connectivity index (χ0n) is 16.8. The molecule has 28 heavy (non-hydrogen) atoms. The number of nitrogens with zero attached hydrogens (tertiary/aromatic N) is 3. The number of aromatic nitrogens is 1. The van der Waals surface area contributed by atoms with Gasteiger partial charge < -0.3 is 14.1 Å². The minimum Gasteiger partial charge on any atom is -0.457 e. The summed E-state index contributed by atoms with van der Waals surface area (Å²) in [6.07, 6.45) is 1.20. The average Bonchev–Trinajstić information content (AvgIpc) is 3.31. The van der Waals surface area contributed by atoms with Crippen molar-refractivity contribution in [2.45, 2.75) is 25.9 Å². The normalized spacial score (nSPS) is 17.4. The number of ether oxygens (including phenoxy) is 1. The first-order valence-electron chi connectivity index (χ1n) is 9.77. The second-order valence-corrected chi connectivity index (χ2v) is 7.61. The lowest BCUT2D eigenvalue weighted by Crippen LogP contribution is -2.31. The van der Waals surface area contributed by atoms with Gasteiger partial charge in [-0.15, -0.1) is 0 Å². The standard InChI is InChI=1S/C23H27N3O2/c1-17-22(16-26-13-12-19(15-26)25(2)3)24-23(27-17)18-8-7-11-21(14-18)28-20-9-5-4-6-10-20/h4-11,14,19H,12-13,15-16H2,1-3H3/t19-/m0/s1. The second kappa shape index (κ2) is 8.17. The molecule has 1 aromatic heterocycles. The molecule has 1 fully saturated rings. The molecule has 2 heterocycles. The van der Waals surface area contributed by atoms with Gasteiger partial charge in [0.05, 0.1) is 5.69 Å². The summed E-state index contributed by atoms with van der Waals surface area (Å²) in [6, 6.07) is 18.3. The molecule has 0 aliphatic carbocycles. The lowest BCUT2D eigenvalue weighted by atomic mass is 10.2.